The number of fused-ring (bicyclic) bond motifs is 1. The summed E-state index contributed by atoms with van der Waals surface area (Å²) < 4.78 is 1.42. The summed E-state index contributed by atoms with van der Waals surface area (Å²) in [5.74, 6) is -0.114. The Morgan fingerprint density at radius 3 is 2.63 bits per heavy atom. The van der Waals surface area contributed by atoms with Crippen molar-refractivity contribution in [2.24, 2.45) is 7.05 Å². The van der Waals surface area contributed by atoms with Gasteiger partial charge in [-0.15, -0.1) is 11.3 Å². The summed E-state index contributed by atoms with van der Waals surface area (Å²) >= 11 is 1.26. The number of aryl methyl sites for hydroxylation is 2. The second-order valence-corrected chi connectivity index (χ2v) is 7.40. The highest BCUT2D eigenvalue weighted by Gasteiger charge is 2.26. The van der Waals surface area contributed by atoms with Gasteiger partial charge in [-0.05, 0) is 44.0 Å². The molecule has 0 aliphatic rings. The SMILES string of the molecule is CCN(C(=O)c1sc2ncn(C)c(=O)c2c1C)C(C)c1ccc(C#N)cc1. The van der Waals surface area contributed by atoms with Gasteiger partial charge in [-0.25, -0.2) is 4.98 Å². The number of carbonyl (C=O) groups is 1. The van der Waals surface area contributed by atoms with Gasteiger partial charge in [0.25, 0.3) is 11.5 Å². The molecule has 0 fully saturated rings. The van der Waals surface area contributed by atoms with E-state index in [4.69, 9.17) is 5.26 Å². The molecule has 0 aliphatic heterocycles. The molecule has 1 aromatic carbocycles. The van der Waals surface area contributed by atoms with Crippen molar-refractivity contribution < 1.29 is 4.79 Å². The van der Waals surface area contributed by atoms with Gasteiger partial charge < -0.3 is 9.47 Å². The van der Waals surface area contributed by atoms with Crippen molar-refractivity contribution >= 4 is 27.5 Å². The van der Waals surface area contributed by atoms with E-state index in [0.29, 0.717) is 32.8 Å². The van der Waals surface area contributed by atoms with Crippen LogP contribution in [0.2, 0.25) is 0 Å². The Kier molecular flexibility index (Phi) is 5.10. The lowest BCUT2D eigenvalue weighted by Gasteiger charge is -2.28. The minimum Gasteiger partial charge on any atom is -0.331 e. The van der Waals surface area contributed by atoms with Crippen molar-refractivity contribution in [1.82, 2.24) is 14.5 Å². The van der Waals surface area contributed by atoms with Gasteiger partial charge in [-0.1, -0.05) is 12.1 Å². The van der Waals surface area contributed by atoms with E-state index in [-0.39, 0.29) is 17.5 Å². The van der Waals surface area contributed by atoms with E-state index in [1.54, 1.807) is 31.0 Å². The van der Waals surface area contributed by atoms with Gasteiger partial charge in [0.1, 0.15) is 4.83 Å². The van der Waals surface area contributed by atoms with Crippen LogP contribution in [0.25, 0.3) is 10.2 Å². The lowest BCUT2D eigenvalue weighted by molar-refractivity contribution is 0.0707. The predicted octanol–water partition coefficient (Wildman–Crippen LogP) is 3.40. The molecule has 0 aliphatic carbocycles. The third-order valence-electron chi connectivity index (χ3n) is 4.80. The standard InChI is InChI=1S/C20H20N4O2S/c1-5-24(13(3)15-8-6-14(10-21)7-9-15)20(26)17-12(2)16-18(27-17)22-11-23(4)19(16)25/h6-9,11,13H,5H2,1-4H3. The summed E-state index contributed by atoms with van der Waals surface area (Å²) in [6.07, 6.45) is 1.48. The van der Waals surface area contributed by atoms with E-state index in [9.17, 15) is 9.59 Å². The number of hydrogen-bond acceptors (Lipinski definition) is 5. The summed E-state index contributed by atoms with van der Waals surface area (Å²) in [6, 6.07) is 9.19. The van der Waals surface area contributed by atoms with Crippen LogP contribution in [-0.2, 0) is 7.05 Å². The second kappa shape index (κ2) is 7.33. The molecule has 27 heavy (non-hydrogen) atoms. The molecule has 1 atom stereocenters. The molecule has 1 unspecified atom stereocenters. The molecule has 7 heteroatoms. The highest BCUT2D eigenvalue weighted by molar-refractivity contribution is 7.20. The van der Waals surface area contributed by atoms with E-state index in [2.05, 4.69) is 11.1 Å². The van der Waals surface area contributed by atoms with Gasteiger partial charge in [0.2, 0.25) is 0 Å². The Hall–Kier alpha value is -2.98. The number of nitriles is 1. The first-order valence-electron chi connectivity index (χ1n) is 8.64. The van der Waals surface area contributed by atoms with Crippen molar-refractivity contribution in [3.8, 4) is 6.07 Å². The molecule has 0 saturated carbocycles. The number of amides is 1. The van der Waals surface area contributed by atoms with Crippen molar-refractivity contribution in [3.63, 3.8) is 0 Å². The van der Waals surface area contributed by atoms with Crippen LogP contribution in [0.1, 0.15) is 46.3 Å². The Morgan fingerprint density at radius 2 is 2.04 bits per heavy atom. The lowest BCUT2D eigenvalue weighted by Crippen LogP contribution is -2.33. The van der Waals surface area contributed by atoms with Crippen LogP contribution in [0.15, 0.2) is 35.4 Å². The van der Waals surface area contributed by atoms with Crippen molar-refractivity contribution in [2.45, 2.75) is 26.8 Å². The summed E-state index contributed by atoms with van der Waals surface area (Å²) in [6.45, 7) is 6.22. The molecule has 0 saturated heterocycles. The molecule has 0 radical (unpaired) electrons. The third kappa shape index (κ3) is 3.24. The molecular formula is C20H20N4O2S. The van der Waals surface area contributed by atoms with Crippen LogP contribution in [-0.4, -0.2) is 26.9 Å². The van der Waals surface area contributed by atoms with Crippen LogP contribution in [0.5, 0.6) is 0 Å². The Morgan fingerprint density at radius 1 is 1.37 bits per heavy atom. The number of nitrogens with zero attached hydrogens (tertiary/aromatic N) is 4. The molecule has 0 spiro atoms. The minimum atomic E-state index is -0.157. The monoisotopic (exact) mass is 380 g/mol. The third-order valence-corrected chi connectivity index (χ3v) is 5.98. The summed E-state index contributed by atoms with van der Waals surface area (Å²) in [4.78, 5) is 32.9. The maximum absolute atomic E-state index is 13.2. The number of rotatable bonds is 4. The fraction of sp³-hybridized carbons (Fsp3) is 0.300. The summed E-state index contributed by atoms with van der Waals surface area (Å²) in [5.41, 5.74) is 2.08. The topological polar surface area (TPSA) is 79.0 Å². The Labute approximate surface area is 161 Å². The zero-order valence-corrected chi connectivity index (χ0v) is 16.5. The fourth-order valence-corrected chi connectivity index (χ4v) is 4.25. The van der Waals surface area contributed by atoms with Crippen LogP contribution in [0.4, 0.5) is 0 Å². The molecule has 138 valence electrons. The van der Waals surface area contributed by atoms with Crippen LogP contribution >= 0.6 is 11.3 Å². The van der Waals surface area contributed by atoms with E-state index in [0.717, 1.165) is 5.56 Å². The van der Waals surface area contributed by atoms with Gasteiger partial charge in [0.05, 0.1) is 34.3 Å². The van der Waals surface area contributed by atoms with Gasteiger partial charge in [0.15, 0.2) is 0 Å². The van der Waals surface area contributed by atoms with E-state index >= 15 is 0 Å². The fourth-order valence-electron chi connectivity index (χ4n) is 3.15. The van der Waals surface area contributed by atoms with Gasteiger partial charge >= 0.3 is 0 Å². The second-order valence-electron chi connectivity index (χ2n) is 6.40. The quantitative estimate of drug-likeness (QED) is 0.695. The van der Waals surface area contributed by atoms with Gasteiger partial charge in [-0.2, -0.15) is 5.26 Å². The molecule has 0 N–H and O–H groups in total. The van der Waals surface area contributed by atoms with Crippen LogP contribution < -0.4 is 5.56 Å². The molecule has 3 rings (SSSR count). The minimum absolute atomic E-state index is 0.114. The van der Waals surface area contributed by atoms with Crippen molar-refractivity contribution in [1.29, 1.82) is 5.26 Å². The number of aromatic nitrogens is 2. The maximum atomic E-state index is 13.2. The van der Waals surface area contributed by atoms with Crippen LogP contribution in [0.3, 0.4) is 0 Å². The number of carbonyl (C=O) groups excluding carboxylic acids is 1. The first kappa shape index (κ1) is 18.8. The summed E-state index contributed by atoms with van der Waals surface area (Å²) in [5, 5.41) is 9.46. The van der Waals surface area contributed by atoms with E-state index < -0.39 is 0 Å². The highest BCUT2D eigenvalue weighted by Crippen LogP contribution is 2.30. The number of hydrogen-bond donors (Lipinski definition) is 0. The lowest BCUT2D eigenvalue weighted by atomic mass is 10.0. The van der Waals surface area contributed by atoms with E-state index in [1.807, 2.05) is 26.0 Å². The largest absolute Gasteiger partial charge is 0.331 e. The molecule has 0 bridgehead atoms. The molecule has 6 nitrogen and oxygen atoms in total. The zero-order valence-electron chi connectivity index (χ0n) is 15.7. The first-order valence-corrected chi connectivity index (χ1v) is 9.46. The molecule has 3 aromatic rings. The normalized spacial score (nSPS) is 12.0. The Balaban J connectivity index is 2.01. The molecule has 1 amide bonds. The summed E-state index contributed by atoms with van der Waals surface area (Å²) in [7, 11) is 1.65. The molecular weight excluding hydrogens is 360 g/mol. The first-order chi connectivity index (χ1) is 12.9. The molecule has 2 heterocycles. The predicted molar refractivity (Wildman–Crippen MR) is 106 cm³/mol. The number of benzene rings is 1. The number of thiophene rings is 1. The molecule has 2 aromatic heterocycles. The average Bonchev–Trinajstić information content (AvgIpc) is 3.02. The van der Waals surface area contributed by atoms with Crippen LogP contribution in [0, 0.1) is 18.3 Å². The average molecular weight is 380 g/mol. The smallest absolute Gasteiger partial charge is 0.264 e. The maximum Gasteiger partial charge on any atom is 0.264 e. The van der Waals surface area contributed by atoms with Crippen molar-refractivity contribution in [3.05, 3.63) is 62.5 Å². The van der Waals surface area contributed by atoms with Crippen molar-refractivity contribution in [2.75, 3.05) is 6.54 Å². The van der Waals surface area contributed by atoms with E-state index in [1.165, 1.54) is 22.2 Å². The van der Waals surface area contributed by atoms with Gasteiger partial charge in [-0.3, -0.25) is 9.59 Å². The van der Waals surface area contributed by atoms with Gasteiger partial charge in [0, 0.05) is 13.6 Å². The zero-order chi connectivity index (χ0) is 19.7. The highest BCUT2D eigenvalue weighted by atomic mass is 32.1. The Bertz CT molecular complexity index is 1110.